The number of nitrogens with zero attached hydrogens (tertiary/aromatic N) is 2. The molecule has 1 atom stereocenters. The van der Waals surface area contributed by atoms with Gasteiger partial charge >= 0.3 is 5.91 Å². The number of amides is 1. The number of anilines is 1. The molecule has 2 aromatic carbocycles. The van der Waals surface area contributed by atoms with E-state index in [9.17, 15) is 14.7 Å². The predicted octanol–water partition coefficient (Wildman–Crippen LogP) is 5.13. The molecule has 33 heavy (non-hydrogen) atoms. The SMILES string of the molecule is CCOc1ccc(/C(O)=C2\C(=O)C(=O)N(c3cc(C)on3)C2c2ccc(C(C)C)cc2)cc1. The summed E-state index contributed by atoms with van der Waals surface area (Å²) in [5.41, 5.74) is 2.23. The molecule has 0 bridgehead atoms. The van der Waals surface area contributed by atoms with E-state index in [0.29, 0.717) is 35.2 Å². The van der Waals surface area contributed by atoms with Gasteiger partial charge in [0.1, 0.15) is 17.3 Å². The number of aliphatic hydroxyl groups excluding tert-OH is 1. The molecule has 0 spiro atoms. The van der Waals surface area contributed by atoms with Gasteiger partial charge in [-0.1, -0.05) is 43.3 Å². The minimum absolute atomic E-state index is 0.00195. The van der Waals surface area contributed by atoms with Gasteiger partial charge in [0.2, 0.25) is 0 Å². The second-order valence-electron chi connectivity index (χ2n) is 8.24. The molecule has 170 valence electrons. The second kappa shape index (κ2) is 8.94. The van der Waals surface area contributed by atoms with E-state index >= 15 is 0 Å². The Kier molecular flexibility index (Phi) is 6.05. The average Bonchev–Trinajstić information content (AvgIpc) is 3.34. The van der Waals surface area contributed by atoms with Crippen LogP contribution in [0, 0.1) is 6.92 Å². The predicted molar refractivity (Wildman–Crippen MR) is 124 cm³/mol. The van der Waals surface area contributed by atoms with Crippen LogP contribution in [0.1, 0.15) is 55.2 Å². The fourth-order valence-corrected chi connectivity index (χ4v) is 3.95. The first-order valence-corrected chi connectivity index (χ1v) is 10.9. The van der Waals surface area contributed by atoms with Gasteiger partial charge in [-0.25, -0.2) is 0 Å². The number of ether oxygens (including phenoxy) is 1. The van der Waals surface area contributed by atoms with Crippen molar-refractivity contribution in [3.05, 3.63) is 82.6 Å². The lowest BCUT2D eigenvalue weighted by molar-refractivity contribution is -0.132. The summed E-state index contributed by atoms with van der Waals surface area (Å²) in [5, 5.41) is 15.1. The lowest BCUT2D eigenvalue weighted by Gasteiger charge is -2.23. The number of rotatable bonds is 6. The summed E-state index contributed by atoms with van der Waals surface area (Å²) in [5.74, 6) is -0.0998. The first kappa shape index (κ1) is 22.3. The minimum atomic E-state index is -0.845. The molecule has 2 heterocycles. The van der Waals surface area contributed by atoms with Gasteiger partial charge in [-0.3, -0.25) is 14.5 Å². The van der Waals surface area contributed by atoms with Crippen molar-refractivity contribution in [1.82, 2.24) is 5.16 Å². The Bertz CT molecular complexity index is 1210. The molecule has 1 aromatic heterocycles. The Morgan fingerprint density at radius 1 is 1.12 bits per heavy atom. The van der Waals surface area contributed by atoms with Crippen molar-refractivity contribution in [2.24, 2.45) is 0 Å². The summed E-state index contributed by atoms with van der Waals surface area (Å²) >= 11 is 0. The van der Waals surface area contributed by atoms with Crippen LogP contribution in [0.15, 0.2) is 64.7 Å². The molecule has 1 N–H and O–H groups in total. The molecule has 4 rings (SSSR count). The van der Waals surface area contributed by atoms with Crippen molar-refractivity contribution >= 4 is 23.3 Å². The lowest BCUT2D eigenvalue weighted by atomic mass is 9.93. The average molecular weight is 447 g/mol. The molecule has 1 aliphatic rings. The maximum absolute atomic E-state index is 13.1. The van der Waals surface area contributed by atoms with Gasteiger partial charge < -0.3 is 14.4 Å². The van der Waals surface area contributed by atoms with E-state index in [2.05, 4.69) is 19.0 Å². The highest BCUT2D eigenvalue weighted by atomic mass is 16.5. The van der Waals surface area contributed by atoms with Crippen LogP contribution in [-0.2, 0) is 9.59 Å². The van der Waals surface area contributed by atoms with Crippen LogP contribution in [0.25, 0.3) is 5.76 Å². The van der Waals surface area contributed by atoms with Crippen molar-refractivity contribution in [2.75, 3.05) is 11.5 Å². The normalized spacial score (nSPS) is 17.7. The molecule has 0 saturated carbocycles. The zero-order chi connectivity index (χ0) is 23.7. The molecular weight excluding hydrogens is 420 g/mol. The Labute approximate surface area is 192 Å². The van der Waals surface area contributed by atoms with E-state index < -0.39 is 17.7 Å². The highest BCUT2D eigenvalue weighted by Crippen LogP contribution is 2.42. The van der Waals surface area contributed by atoms with Crippen LogP contribution < -0.4 is 9.64 Å². The highest BCUT2D eigenvalue weighted by Gasteiger charge is 2.48. The number of hydrogen-bond acceptors (Lipinski definition) is 6. The van der Waals surface area contributed by atoms with Crippen LogP contribution in [0.5, 0.6) is 5.75 Å². The number of ketones is 1. The molecule has 0 radical (unpaired) electrons. The molecule has 1 saturated heterocycles. The van der Waals surface area contributed by atoms with E-state index in [1.165, 1.54) is 4.90 Å². The van der Waals surface area contributed by atoms with E-state index in [0.717, 1.165) is 5.56 Å². The number of aryl methyl sites for hydroxylation is 1. The third kappa shape index (κ3) is 4.14. The van der Waals surface area contributed by atoms with Crippen LogP contribution in [0.4, 0.5) is 5.82 Å². The standard InChI is InChI=1S/C26H26N2O5/c1-5-32-20-12-10-19(11-13-20)24(29)22-23(18-8-6-17(7-9-18)15(2)3)28(26(31)25(22)30)21-14-16(4)33-27-21/h6-15,23,29H,5H2,1-4H3/b24-22+. The van der Waals surface area contributed by atoms with Gasteiger partial charge in [0.05, 0.1) is 18.2 Å². The lowest BCUT2D eigenvalue weighted by Crippen LogP contribution is -2.29. The summed E-state index contributed by atoms with van der Waals surface area (Å²) < 4.78 is 10.6. The number of carbonyl (C=O) groups is 2. The van der Waals surface area contributed by atoms with Crippen molar-refractivity contribution in [3.8, 4) is 5.75 Å². The second-order valence-corrected chi connectivity index (χ2v) is 8.24. The van der Waals surface area contributed by atoms with Gasteiger partial charge in [0, 0.05) is 11.6 Å². The molecule has 3 aromatic rings. The number of aromatic nitrogens is 1. The van der Waals surface area contributed by atoms with Crippen LogP contribution in [-0.4, -0.2) is 28.6 Å². The van der Waals surface area contributed by atoms with E-state index in [4.69, 9.17) is 9.26 Å². The third-order valence-corrected chi connectivity index (χ3v) is 5.66. The Hall–Kier alpha value is -3.87. The van der Waals surface area contributed by atoms with Crippen molar-refractivity contribution in [1.29, 1.82) is 0 Å². The number of Topliss-reactive ketones (excluding diaryl/α,β-unsaturated/α-hetero) is 1. The molecule has 1 aliphatic heterocycles. The summed E-state index contributed by atoms with van der Waals surface area (Å²) in [6.07, 6.45) is 0. The highest BCUT2D eigenvalue weighted by molar-refractivity contribution is 6.51. The van der Waals surface area contributed by atoms with Gasteiger partial charge in [0.25, 0.3) is 5.78 Å². The molecule has 1 fully saturated rings. The Balaban J connectivity index is 1.86. The summed E-state index contributed by atoms with van der Waals surface area (Å²) in [6, 6.07) is 15.2. The van der Waals surface area contributed by atoms with Gasteiger partial charge in [-0.2, -0.15) is 0 Å². The zero-order valence-corrected chi connectivity index (χ0v) is 19.0. The van der Waals surface area contributed by atoms with E-state index in [-0.39, 0.29) is 17.2 Å². The number of hydrogen-bond donors (Lipinski definition) is 1. The van der Waals surface area contributed by atoms with Crippen molar-refractivity contribution < 1.29 is 24.0 Å². The number of aliphatic hydroxyl groups is 1. The van der Waals surface area contributed by atoms with E-state index in [1.807, 2.05) is 31.2 Å². The fraction of sp³-hybridized carbons (Fsp3) is 0.269. The maximum atomic E-state index is 13.1. The molecule has 7 nitrogen and oxygen atoms in total. The van der Waals surface area contributed by atoms with Gasteiger partial charge in [0.15, 0.2) is 5.82 Å². The fourth-order valence-electron chi connectivity index (χ4n) is 3.95. The first-order valence-electron chi connectivity index (χ1n) is 10.9. The first-order chi connectivity index (χ1) is 15.8. The minimum Gasteiger partial charge on any atom is -0.507 e. The zero-order valence-electron chi connectivity index (χ0n) is 19.0. The monoisotopic (exact) mass is 446 g/mol. The largest absolute Gasteiger partial charge is 0.507 e. The van der Waals surface area contributed by atoms with Crippen molar-refractivity contribution in [2.45, 2.75) is 39.7 Å². The third-order valence-electron chi connectivity index (χ3n) is 5.66. The topological polar surface area (TPSA) is 92.9 Å². The maximum Gasteiger partial charge on any atom is 0.301 e. The van der Waals surface area contributed by atoms with Gasteiger partial charge in [-0.15, -0.1) is 0 Å². The molecule has 1 amide bonds. The molecular formula is C26H26N2O5. The van der Waals surface area contributed by atoms with Gasteiger partial charge in [-0.05, 0) is 55.2 Å². The summed E-state index contributed by atoms with van der Waals surface area (Å²) in [6.45, 7) is 8.28. The Morgan fingerprint density at radius 3 is 2.33 bits per heavy atom. The summed E-state index contributed by atoms with van der Waals surface area (Å²) in [7, 11) is 0. The Morgan fingerprint density at radius 2 is 1.79 bits per heavy atom. The van der Waals surface area contributed by atoms with Crippen LogP contribution in [0.2, 0.25) is 0 Å². The molecule has 1 unspecified atom stereocenters. The van der Waals surface area contributed by atoms with Crippen LogP contribution in [0.3, 0.4) is 0 Å². The van der Waals surface area contributed by atoms with Crippen molar-refractivity contribution in [3.63, 3.8) is 0 Å². The molecule has 7 heteroatoms. The van der Waals surface area contributed by atoms with E-state index in [1.54, 1.807) is 37.3 Å². The molecule has 0 aliphatic carbocycles. The number of benzene rings is 2. The van der Waals surface area contributed by atoms with Crippen LogP contribution >= 0.6 is 0 Å². The number of carbonyl (C=O) groups excluding carboxylic acids is 2. The smallest absolute Gasteiger partial charge is 0.301 e. The quantitative estimate of drug-likeness (QED) is 0.320. The summed E-state index contributed by atoms with van der Waals surface area (Å²) in [4.78, 5) is 27.5.